The molecule has 136 valence electrons. The van der Waals surface area contributed by atoms with Crippen LogP contribution in [-0.4, -0.2) is 40.2 Å². The summed E-state index contributed by atoms with van der Waals surface area (Å²) in [6.07, 6.45) is 9.55. The zero-order chi connectivity index (χ0) is 17.2. The Bertz CT molecular complexity index is 508. The van der Waals surface area contributed by atoms with Gasteiger partial charge < -0.3 is 14.7 Å². The lowest BCUT2D eigenvalue weighted by Gasteiger charge is -2.40. The molecule has 1 saturated carbocycles. The van der Waals surface area contributed by atoms with Gasteiger partial charge in [0.2, 0.25) is 5.89 Å². The van der Waals surface area contributed by atoms with E-state index in [0.29, 0.717) is 6.04 Å². The molecule has 24 heavy (non-hydrogen) atoms. The highest BCUT2D eigenvalue weighted by atomic mass is 16.5. The van der Waals surface area contributed by atoms with Gasteiger partial charge in [-0.1, -0.05) is 45.2 Å². The van der Waals surface area contributed by atoms with Crippen LogP contribution in [0.25, 0.3) is 0 Å². The van der Waals surface area contributed by atoms with Gasteiger partial charge in [0.05, 0.1) is 6.04 Å². The van der Waals surface area contributed by atoms with Crippen LogP contribution in [0.4, 0.5) is 0 Å². The second kappa shape index (κ2) is 7.52. The highest BCUT2D eigenvalue weighted by molar-refractivity contribution is 5.02. The minimum atomic E-state index is -0.0627. The van der Waals surface area contributed by atoms with E-state index in [1.807, 2.05) is 0 Å². The Morgan fingerprint density at radius 2 is 1.75 bits per heavy atom. The SMILES string of the molecule is CC(NC1CCN(C2CCCCC2)CC1)c1nc(C(C)(C)C)no1. The van der Waals surface area contributed by atoms with Crippen molar-refractivity contribution in [3.05, 3.63) is 11.7 Å². The molecular weight excluding hydrogens is 300 g/mol. The summed E-state index contributed by atoms with van der Waals surface area (Å²) in [5.74, 6) is 1.51. The first-order valence-electron chi connectivity index (χ1n) is 9.77. The molecule has 2 aliphatic rings. The molecule has 1 aromatic heterocycles. The van der Waals surface area contributed by atoms with Gasteiger partial charge in [0, 0.05) is 17.5 Å². The van der Waals surface area contributed by atoms with E-state index in [4.69, 9.17) is 4.52 Å². The highest BCUT2D eigenvalue weighted by Gasteiger charge is 2.28. The molecule has 1 N–H and O–H groups in total. The van der Waals surface area contributed by atoms with E-state index in [1.54, 1.807) is 0 Å². The molecule has 1 aliphatic heterocycles. The third-order valence-corrected chi connectivity index (χ3v) is 5.59. The topological polar surface area (TPSA) is 54.2 Å². The maximum atomic E-state index is 5.48. The summed E-state index contributed by atoms with van der Waals surface area (Å²) in [7, 11) is 0. The molecule has 1 aliphatic carbocycles. The van der Waals surface area contributed by atoms with Gasteiger partial charge in [0.15, 0.2) is 5.82 Å². The van der Waals surface area contributed by atoms with E-state index in [0.717, 1.165) is 17.8 Å². The number of nitrogens with zero attached hydrogens (tertiary/aromatic N) is 3. The summed E-state index contributed by atoms with van der Waals surface area (Å²) in [4.78, 5) is 7.31. The first-order valence-corrected chi connectivity index (χ1v) is 9.77. The van der Waals surface area contributed by atoms with Gasteiger partial charge in [-0.25, -0.2) is 0 Å². The third-order valence-electron chi connectivity index (χ3n) is 5.59. The van der Waals surface area contributed by atoms with E-state index in [-0.39, 0.29) is 11.5 Å². The quantitative estimate of drug-likeness (QED) is 0.907. The van der Waals surface area contributed by atoms with Crippen molar-refractivity contribution in [2.24, 2.45) is 0 Å². The molecule has 1 atom stereocenters. The van der Waals surface area contributed by atoms with Gasteiger partial charge in [0.1, 0.15) is 0 Å². The molecule has 2 fully saturated rings. The maximum Gasteiger partial charge on any atom is 0.243 e. The van der Waals surface area contributed by atoms with Crippen LogP contribution < -0.4 is 5.32 Å². The molecular formula is C19H34N4O. The molecule has 1 unspecified atom stereocenters. The van der Waals surface area contributed by atoms with Crippen LogP contribution in [0.1, 0.15) is 90.4 Å². The molecule has 0 radical (unpaired) electrons. The largest absolute Gasteiger partial charge is 0.338 e. The molecule has 1 saturated heterocycles. The summed E-state index contributed by atoms with van der Waals surface area (Å²) in [6, 6.07) is 1.53. The van der Waals surface area contributed by atoms with Crippen LogP contribution >= 0.6 is 0 Å². The Hall–Kier alpha value is -0.940. The second-order valence-corrected chi connectivity index (χ2v) is 8.70. The first-order chi connectivity index (χ1) is 11.4. The zero-order valence-electron chi connectivity index (χ0n) is 15.8. The minimum Gasteiger partial charge on any atom is -0.338 e. The van der Waals surface area contributed by atoms with E-state index in [9.17, 15) is 0 Å². The van der Waals surface area contributed by atoms with Crippen LogP contribution in [0, 0.1) is 0 Å². The predicted molar refractivity (Wildman–Crippen MR) is 96.0 cm³/mol. The molecule has 0 aromatic carbocycles. The van der Waals surface area contributed by atoms with Crippen LogP contribution in [0.5, 0.6) is 0 Å². The van der Waals surface area contributed by atoms with Gasteiger partial charge in [0.25, 0.3) is 0 Å². The van der Waals surface area contributed by atoms with Crippen molar-refractivity contribution in [2.75, 3.05) is 13.1 Å². The fraction of sp³-hybridized carbons (Fsp3) is 0.895. The molecule has 0 bridgehead atoms. The van der Waals surface area contributed by atoms with Crippen molar-refractivity contribution in [1.29, 1.82) is 0 Å². The van der Waals surface area contributed by atoms with E-state index >= 15 is 0 Å². The van der Waals surface area contributed by atoms with Crippen molar-refractivity contribution in [3.8, 4) is 0 Å². The smallest absolute Gasteiger partial charge is 0.243 e. The third kappa shape index (κ3) is 4.37. The van der Waals surface area contributed by atoms with Gasteiger partial charge in [-0.2, -0.15) is 4.98 Å². The van der Waals surface area contributed by atoms with Crippen LogP contribution in [0.2, 0.25) is 0 Å². The van der Waals surface area contributed by atoms with Gasteiger partial charge in [-0.15, -0.1) is 0 Å². The van der Waals surface area contributed by atoms with Crippen molar-refractivity contribution in [3.63, 3.8) is 0 Å². The van der Waals surface area contributed by atoms with Crippen molar-refractivity contribution < 1.29 is 4.52 Å². The Kier molecular flexibility index (Phi) is 5.60. The van der Waals surface area contributed by atoms with Gasteiger partial charge in [-0.3, -0.25) is 0 Å². The lowest BCUT2D eigenvalue weighted by molar-refractivity contribution is 0.112. The summed E-state index contributed by atoms with van der Waals surface area (Å²) in [6.45, 7) is 10.9. The lowest BCUT2D eigenvalue weighted by atomic mass is 9.92. The number of piperidine rings is 1. The Morgan fingerprint density at radius 1 is 1.08 bits per heavy atom. The van der Waals surface area contributed by atoms with Gasteiger partial charge in [-0.05, 0) is 45.7 Å². The normalized spacial score (nSPS) is 23.5. The summed E-state index contributed by atoms with van der Waals surface area (Å²) >= 11 is 0. The maximum absolute atomic E-state index is 5.48. The molecule has 5 heteroatoms. The Morgan fingerprint density at radius 3 is 2.33 bits per heavy atom. The van der Waals surface area contributed by atoms with Crippen LogP contribution in [0.3, 0.4) is 0 Å². The molecule has 0 spiro atoms. The zero-order valence-corrected chi connectivity index (χ0v) is 15.8. The number of likely N-dealkylation sites (tertiary alicyclic amines) is 1. The lowest BCUT2D eigenvalue weighted by Crippen LogP contribution is -2.47. The second-order valence-electron chi connectivity index (χ2n) is 8.70. The Labute approximate surface area is 146 Å². The Balaban J connectivity index is 1.47. The summed E-state index contributed by atoms with van der Waals surface area (Å²) < 4.78 is 5.48. The average molecular weight is 335 g/mol. The van der Waals surface area contributed by atoms with E-state index < -0.39 is 0 Å². The van der Waals surface area contributed by atoms with Crippen LogP contribution in [0.15, 0.2) is 4.52 Å². The number of aromatic nitrogens is 2. The number of hydrogen-bond acceptors (Lipinski definition) is 5. The van der Waals surface area contributed by atoms with Crippen molar-refractivity contribution >= 4 is 0 Å². The van der Waals surface area contributed by atoms with E-state index in [1.165, 1.54) is 58.0 Å². The molecule has 0 amide bonds. The standard InChI is InChI=1S/C19H34N4O/c1-14(17-21-18(22-24-17)19(2,3)4)20-15-10-12-23(13-11-15)16-8-6-5-7-9-16/h14-16,20H,5-13H2,1-4H3. The highest BCUT2D eigenvalue weighted by Crippen LogP contribution is 2.26. The first kappa shape index (κ1) is 17.9. The minimum absolute atomic E-state index is 0.0627. The number of rotatable bonds is 4. The molecule has 1 aromatic rings. The molecule has 5 nitrogen and oxygen atoms in total. The number of hydrogen-bond donors (Lipinski definition) is 1. The predicted octanol–water partition coefficient (Wildman–Crippen LogP) is 3.81. The molecule has 2 heterocycles. The monoisotopic (exact) mass is 334 g/mol. The summed E-state index contributed by atoms with van der Waals surface area (Å²) in [5, 5.41) is 7.84. The molecule has 3 rings (SSSR count). The average Bonchev–Trinajstić information content (AvgIpc) is 3.07. The van der Waals surface area contributed by atoms with Gasteiger partial charge >= 0.3 is 0 Å². The summed E-state index contributed by atoms with van der Waals surface area (Å²) in [5.41, 5.74) is -0.0627. The van der Waals surface area contributed by atoms with Crippen molar-refractivity contribution in [1.82, 2.24) is 20.4 Å². The van der Waals surface area contributed by atoms with E-state index in [2.05, 4.69) is 48.1 Å². The number of nitrogens with one attached hydrogen (secondary N) is 1. The van der Waals surface area contributed by atoms with Crippen molar-refractivity contribution in [2.45, 2.75) is 96.2 Å². The fourth-order valence-corrected chi connectivity index (χ4v) is 4.02. The fourth-order valence-electron chi connectivity index (χ4n) is 4.02. The van der Waals surface area contributed by atoms with Crippen LogP contribution in [-0.2, 0) is 5.41 Å².